The van der Waals surface area contributed by atoms with Crippen LogP contribution in [0.25, 0.3) is 0 Å². The summed E-state index contributed by atoms with van der Waals surface area (Å²) in [6, 6.07) is 0. The van der Waals surface area contributed by atoms with Crippen molar-refractivity contribution in [2.45, 2.75) is 57.0 Å². The van der Waals surface area contributed by atoms with Crippen LogP contribution in [0.15, 0.2) is 0 Å². The Hall–Kier alpha value is -0.620. The molecule has 1 aliphatic carbocycles. The molecule has 1 amide bonds. The summed E-state index contributed by atoms with van der Waals surface area (Å²) in [4.78, 5) is 12.4. The molecule has 3 atom stereocenters. The predicted molar refractivity (Wildman–Crippen MR) is 74.4 cm³/mol. The molecular formula is C13H24N2O3S. The molecule has 1 saturated heterocycles. The molecule has 0 aromatic rings. The van der Waals surface area contributed by atoms with Crippen molar-refractivity contribution in [3.63, 3.8) is 0 Å². The third-order valence-corrected chi connectivity index (χ3v) is 6.31. The first-order chi connectivity index (χ1) is 8.64. The monoisotopic (exact) mass is 288 g/mol. The second kappa shape index (κ2) is 4.74. The molecule has 3 N–H and O–H groups in total. The van der Waals surface area contributed by atoms with Crippen LogP contribution in [-0.4, -0.2) is 36.9 Å². The Balaban J connectivity index is 2.05. The molecule has 0 spiro atoms. The molecule has 0 aromatic heterocycles. The van der Waals surface area contributed by atoms with Gasteiger partial charge in [0, 0.05) is 0 Å². The van der Waals surface area contributed by atoms with Gasteiger partial charge >= 0.3 is 0 Å². The molecular weight excluding hydrogens is 264 g/mol. The maximum atomic E-state index is 12.4. The van der Waals surface area contributed by atoms with Gasteiger partial charge in [-0.2, -0.15) is 0 Å². The van der Waals surface area contributed by atoms with Gasteiger partial charge < -0.3 is 11.1 Å². The van der Waals surface area contributed by atoms with Gasteiger partial charge in [0.2, 0.25) is 5.91 Å². The number of carbonyl (C=O) groups is 1. The maximum absolute atomic E-state index is 12.4. The standard InChI is InChI=1S/C13H24N2O3S/c1-10-4-3-5-13(14,8-10)11(16)15-12(2)6-7-19(17,18)9-12/h10H,3-9,14H2,1-2H3,(H,15,16). The van der Waals surface area contributed by atoms with Gasteiger partial charge in [0.1, 0.15) is 0 Å². The van der Waals surface area contributed by atoms with E-state index in [0.29, 0.717) is 25.2 Å². The molecule has 110 valence electrons. The Kier molecular flexibility index (Phi) is 3.68. The van der Waals surface area contributed by atoms with E-state index in [1.54, 1.807) is 6.92 Å². The number of hydrogen-bond acceptors (Lipinski definition) is 4. The zero-order valence-electron chi connectivity index (χ0n) is 11.7. The molecule has 2 aliphatic rings. The lowest BCUT2D eigenvalue weighted by Gasteiger charge is -2.38. The topological polar surface area (TPSA) is 89.3 Å². The average molecular weight is 288 g/mol. The third-order valence-electron chi connectivity index (χ3n) is 4.40. The first-order valence-electron chi connectivity index (χ1n) is 6.96. The number of nitrogens with two attached hydrogens (primary N) is 1. The first-order valence-corrected chi connectivity index (χ1v) is 8.78. The largest absolute Gasteiger partial charge is 0.348 e. The summed E-state index contributed by atoms with van der Waals surface area (Å²) >= 11 is 0. The van der Waals surface area contributed by atoms with Crippen LogP contribution in [0.1, 0.15) is 46.0 Å². The zero-order chi connectivity index (χ0) is 14.3. The quantitative estimate of drug-likeness (QED) is 0.778. The van der Waals surface area contributed by atoms with E-state index < -0.39 is 20.9 Å². The van der Waals surface area contributed by atoms with Gasteiger partial charge in [0.15, 0.2) is 9.84 Å². The van der Waals surface area contributed by atoms with Crippen molar-refractivity contribution in [3.8, 4) is 0 Å². The first kappa shape index (κ1) is 14.8. The Morgan fingerprint density at radius 1 is 1.37 bits per heavy atom. The lowest BCUT2D eigenvalue weighted by molar-refractivity contribution is -0.129. The van der Waals surface area contributed by atoms with Crippen LogP contribution in [0, 0.1) is 5.92 Å². The normalized spacial score (nSPS) is 41.9. The average Bonchev–Trinajstić information content (AvgIpc) is 2.52. The number of rotatable bonds is 2. The summed E-state index contributed by atoms with van der Waals surface area (Å²) in [6.45, 7) is 3.90. The van der Waals surface area contributed by atoms with E-state index in [1.807, 2.05) is 0 Å². The fraction of sp³-hybridized carbons (Fsp3) is 0.923. The van der Waals surface area contributed by atoms with E-state index in [1.165, 1.54) is 0 Å². The summed E-state index contributed by atoms with van der Waals surface area (Å²) < 4.78 is 23.1. The van der Waals surface area contributed by atoms with Gasteiger partial charge in [0.25, 0.3) is 0 Å². The summed E-state index contributed by atoms with van der Waals surface area (Å²) in [5.74, 6) is 0.443. The van der Waals surface area contributed by atoms with E-state index in [9.17, 15) is 13.2 Å². The number of nitrogens with one attached hydrogen (secondary N) is 1. The van der Waals surface area contributed by atoms with Crippen molar-refractivity contribution < 1.29 is 13.2 Å². The fourth-order valence-corrected chi connectivity index (χ4v) is 5.40. The second-order valence-corrected chi connectivity index (χ2v) is 8.90. The molecule has 19 heavy (non-hydrogen) atoms. The Bertz CT molecular complexity index is 476. The molecule has 0 aromatic carbocycles. The maximum Gasteiger partial charge on any atom is 0.240 e. The van der Waals surface area contributed by atoms with Crippen LogP contribution >= 0.6 is 0 Å². The van der Waals surface area contributed by atoms with Gasteiger partial charge in [-0.15, -0.1) is 0 Å². The van der Waals surface area contributed by atoms with Crippen molar-refractivity contribution in [2.24, 2.45) is 11.7 Å². The van der Waals surface area contributed by atoms with Crippen molar-refractivity contribution in [2.75, 3.05) is 11.5 Å². The van der Waals surface area contributed by atoms with Crippen LogP contribution in [-0.2, 0) is 14.6 Å². The molecule has 1 heterocycles. The second-order valence-electron chi connectivity index (χ2n) is 6.71. The van der Waals surface area contributed by atoms with Gasteiger partial charge in [0.05, 0.1) is 22.6 Å². The highest BCUT2D eigenvalue weighted by atomic mass is 32.2. The molecule has 1 saturated carbocycles. The van der Waals surface area contributed by atoms with Crippen molar-refractivity contribution in [1.82, 2.24) is 5.32 Å². The fourth-order valence-electron chi connectivity index (χ4n) is 3.31. The SMILES string of the molecule is CC1CCCC(N)(C(=O)NC2(C)CCS(=O)(=O)C2)C1. The molecule has 3 unspecified atom stereocenters. The minimum absolute atomic E-state index is 0.0252. The number of amides is 1. The highest BCUT2D eigenvalue weighted by Gasteiger charge is 2.44. The van der Waals surface area contributed by atoms with Crippen LogP contribution in [0.3, 0.4) is 0 Å². The highest BCUT2D eigenvalue weighted by Crippen LogP contribution is 2.32. The van der Waals surface area contributed by atoms with Crippen molar-refractivity contribution in [3.05, 3.63) is 0 Å². The summed E-state index contributed by atoms with van der Waals surface area (Å²) in [5, 5.41) is 2.90. The lowest BCUT2D eigenvalue weighted by atomic mass is 9.76. The summed E-state index contributed by atoms with van der Waals surface area (Å²) in [7, 11) is -3.02. The number of carbonyl (C=O) groups excluding carboxylic acids is 1. The van der Waals surface area contributed by atoms with E-state index in [-0.39, 0.29) is 17.4 Å². The van der Waals surface area contributed by atoms with E-state index in [2.05, 4.69) is 12.2 Å². The van der Waals surface area contributed by atoms with Crippen LogP contribution in [0.4, 0.5) is 0 Å². The smallest absolute Gasteiger partial charge is 0.240 e. The van der Waals surface area contributed by atoms with Crippen molar-refractivity contribution >= 4 is 15.7 Å². The number of sulfone groups is 1. The van der Waals surface area contributed by atoms with Crippen LogP contribution < -0.4 is 11.1 Å². The highest BCUT2D eigenvalue weighted by molar-refractivity contribution is 7.91. The molecule has 2 fully saturated rings. The lowest BCUT2D eigenvalue weighted by Crippen LogP contribution is -2.61. The van der Waals surface area contributed by atoms with Crippen molar-refractivity contribution in [1.29, 1.82) is 0 Å². The Morgan fingerprint density at radius 2 is 2.05 bits per heavy atom. The van der Waals surface area contributed by atoms with E-state index in [4.69, 9.17) is 5.73 Å². The minimum Gasteiger partial charge on any atom is -0.348 e. The Labute approximate surface area is 115 Å². The van der Waals surface area contributed by atoms with Crippen LogP contribution in [0.2, 0.25) is 0 Å². The third kappa shape index (κ3) is 3.28. The molecule has 5 nitrogen and oxygen atoms in total. The molecule has 6 heteroatoms. The summed E-state index contributed by atoms with van der Waals surface area (Å²) in [6.07, 6.45) is 3.92. The van der Waals surface area contributed by atoms with E-state index in [0.717, 1.165) is 12.8 Å². The van der Waals surface area contributed by atoms with Gasteiger partial charge in [-0.1, -0.05) is 19.8 Å². The molecule has 2 rings (SSSR count). The summed E-state index contributed by atoms with van der Waals surface area (Å²) in [5.41, 5.74) is 4.76. The van der Waals surface area contributed by atoms with Crippen LogP contribution in [0.5, 0.6) is 0 Å². The van der Waals surface area contributed by atoms with E-state index >= 15 is 0 Å². The molecule has 0 radical (unpaired) electrons. The predicted octanol–water partition coefficient (Wildman–Crippen LogP) is 0.587. The van der Waals surface area contributed by atoms with Gasteiger partial charge in [-0.3, -0.25) is 4.79 Å². The minimum atomic E-state index is -3.02. The Morgan fingerprint density at radius 3 is 2.58 bits per heavy atom. The zero-order valence-corrected chi connectivity index (χ0v) is 12.6. The number of hydrogen-bond donors (Lipinski definition) is 2. The molecule has 0 bridgehead atoms. The molecule has 1 aliphatic heterocycles. The van der Waals surface area contributed by atoms with Gasteiger partial charge in [-0.05, 0) is 32.1 Å². The van der Waals surface area contributed by atoms with Gasteiger partial charge in [-0.25, -0.2) is 8.42 Å².